The van der Waals surface area contributed by atoms with Gasteiger partial charge in [-0.05, 0) is 118 Å². The van der Waals surface area contributed by atoms with Gasteiger partial charge in [-0.15, -0.1) is 0 Å². The molecule has 0 aliphatic carbocycles. The molecule has 292 valence electrons. The average Bonchev–Trinajstić information content (AvgIpc) is 3.71. The number of aromatic nitrogens is 2. The fraction of sp³-hybridized carbons (Fsp3) is 0.189. The van der Waals surface area contributed by atoms with E-state index in [2.05, 4.69) is 134 Å². The number of nitrogens with zero attached hydrogens (tertiary/aromatic N) is 3. The van der Waals surface area contributed by atoms with Gasteiger partial charge in [-0.1, -0.05) is 114 Å². The van der Waals surface area contributed by atoms with Gasteiger partial charge in [-0.25, -0.2) is 4.85 Å². The number of fused-ring (bicyclic) bond motifs is 6. The Bertz CT molecular complexity index is 3190. The predicted molar refractivity (Wildman–Crippen MR) is 239 cm³/mol. The second kappa shape index (κ2) is 13.5. The Kier molecular flexibility index (Phi) is 8.68. The van der Waals surface area contributed by atoms with Gasteiger partial charge >= 0.3 is 6.18 Å². The largest absolute Gasteiger partial charge is 0.416 e. The van der Waals surface area contributed by atoms with Gasteiger partial charge in [0.2, 0.25) is 0 Å². The molecule has 3 nitrogen and oxygen atoms in total. The molecule has 0 amide bonds. The summed E-state index contributed by atoms with van der Waals surface area (Å²) in [7, 11) is 0. The SMILES string of the molecule is [C-]#[N+]c1cccc(-n2c3ccccc3c3cc(C(C)(C)C)ccc32)c1-c1cc(-c2cc(C)cc(C(F)(F)F)c2)ccc1-n1c2ccccc2c2cc(C(C)(C)C)ccc21. The van der Waals surface area contributed by atoms with Crippen LogP contribution < -0.4 is 0 Å². The number of alkyl halides is 3. The van der Waals surface area contributed by atoms with Crippen LogP contribution in [-0.4, -0.2) is 9.13 Å². The molecule has 0 unspecified atom stereocenters. The summed E-state index contributed by atoms with van der Waals surface area (Å²) in [6.07, 6.45) is -4.51. The third-order valence-corrected chi connectivity index (χ3v) is 11.7. The fourth-order valence-corrected chi connectivity index (χ4v) is 8.71. The lowest BCUT2D eigenvalue weighted by atomic mass is 9.86. The first-order valence-electron chi connectivity index (χ1n) is 20.0. The maximum atomic E-state index is 14.3. The molecule has 9 rings (SSSR count). The van der Waals surface area contributed by atoms with Crippen LogP contribution in [0, 0.1) is 13.5 Å². The van der Waals surface area contributed by atoms with Crippen molar-refractivity contribution in [3.63, 3.8) is 0 Å². The molecule has 9 aromatic rings. The number of hydrogen-bond donors (Lipinski definition) is 0. The van der Waals surface area contributed by atoms with Crippen LogP contribution in [0.4, 0.5) is 18.9 Å². The zero-order valence-corrected chi connectivity index (χ0v) is 34.3. The molecule has 0 fully saturated rings. The molecular formula is C53H44F3N3. The van der Waals surface area contributed by atoms with E-state index in [0.29, 0.717) is 27.9 Å². The summed E-state index contributed by atoms with van der Waals surface area (Å²) in [5, 5.41) is 4.40. The maximum absolute atomic E-state index is 14.3. The van der Waals surface area contributed by atoms with Gasteiger partial charge in [-0.3, -0.25) is 0 Å². The number of halogens is 3. The smallest absolute Gasteiger partial charge is 0.310 e. The molecule has 0 saturated heterocycles. The summed E-state index contributed by atoms with van der Waals surface area (Å²) < 4.78 is 47.3. The molecule has 0 aliphatic heterocycles. The normalized spacial score (nSPS) is 12.6. The molecule has 0 N–H and O–H groups in total. The van der Waals surface area contributed by atoms with Gasteiger partial charge in [0, 0.05) is 32.8 Å². The minimum Gasteiger partial charge on any atom is -0.310 e. The highest BCUT2D eigenvalue weighted by atomic mass is 19.4. The van der Waals surface area contributed by atoms with Gasteiger partial charge < -0.3 is 9.13 Å². The van der Waals surface area contributed by atoms with E-state index < -0.39 is 11.7 Å². The van der Waals surface area contributed by atoms with E-state index in [1.54, 1.807) is 13.0 Å². The van der Waals surface area contributed by atoms with Crippen LogP contribution in [0.2, 0.25) is 0 Å². The quantitative estimate of drug-likeness (QED) is 0.158. The summed E-state index contributed by atoms with van der Waals surface area (Å²) in [6, 6.07) is 45.9. The monoisotopic (exact) mass is 779 g/mol. The van der Waals surface area contributed by atoms with Crippen LogP contribution in [0.5, 0.6) is 0 Å². The van der Waals surface area contributed by atoms with Gasteiger partial charge in [0.25, 0.3) is 0 Å². The molecule has 59 heavy (non-hydrogen) atoms. The van der Waals surface area contributed by atoms with E-state index >= 15 is 0 Å². The molecule has 0 aliphatic rings. The molecule has 6 heteroatoms. The Morgan fingerprint density at radius 3 is 1.56 bits per heavy atom. The Morgan fingerprint density at radius 1 is 0.475 bits per heavy atom. The van der Waals surface area contributed by atoms with Crippen LogP contribution in [0.15, 0.2) is 140 Å². The summed E-state index contributed by atoms with van der Waals surface area (Å²) in [6.45, 7) is 23.6. The van der Waals surface area contributed by atoms with Crippen molar-refractivity contribution in [2.75, 3.05) is 0 Å². The lowest BCUT2D eigenvalue weighted by molar-refractivity contribution is -0.137. The van der Waals surface area contributed by atoms with Crippen LogP contribution >= 0.6 is 0 Å². The fourth-order valence-electron chi connectivity index (χ4n) is 8.71. The number of benzene rings is 7. The van der Waals surface area contributed by atoms with Crippen molar-refractivity contribution in [3.05, 3.63) is 173 Å². The average molecular weight is 780 g/mol. The molecule has 2 heterocycles. The van der Waals surface area contributed by atoms with Crippen molar-refractivity contribution in [2.45, 2.75) is 65.5 Å². The molecule has 0 radical (unpaired) electrons. The zero-order chi connectivity index (χ0) is 41.6. The van der Waals surface area contributed by atoms with E-state index in [1.165, 1.54) is 23.3 Å². The molecule has 0 atom stereocenters. The van der Waals surface area contributed by atoms with Crippen LogP contribution in [-0.2, 0) is 17.0 Å². The molecule has 0 saturated carbocycles. The minimum atomic E-state index is -4.51. The number of rotatable bonds is 4. The number of aryl methyl sites for hydroxylation is 1. The Balaban J connectivity index is 1.42. The first-order chi connectivity index (χ1) is 28.0. The second-order valence-electron chi connectivity index (χ2n) is 17.8. The van der Waals surface area contributed by atoms with Crippen molar-refractivity contribution in [2.24, 2.45) is 0 Å². The van der Waals surface area contributed by atoms with Gasteiger partial charge in [0.15, 0.2) is 5.69 Å². The first kappa shape index (κ1) is 38.0. The molecule has 7 aromatic carbocycles. The van der Waals surface area contributed by atoms with Gasteiger partial charge in [-0.2, -0.15) is 13.2 Å². The van der Waals surface area contributed by atoms with Crippen LogP contribution in [0.25, 0.3) is 82.1 Å². The third-order valence-electron chi connectivity index (χ3n) is 11.7. The summed E-state index contributed by atoms with van der Waals surface area (Å²) in [5.74, 6) is 0. The van der Waals surface area contributed by atoms with E-state index in [4.69, 9.17) is 6.57 Å². The number of hydrogen-bond acceptors (Lipinski definition) is 0. The predicted octanol–water partition coefficient (Wildman–Crippen LogP) is 15.7. The first-order valence-corrected chi connectivity index (χ1v) is 20.0. The van der Waals surface area contributed by atoms with Gasteiger partial charge in [0.1, 0.15) is 0 Å². The minimum absolute atomic E-state index is 0.0698. The Hall–Kier alpha value is -6.58. The second-order valence-corrected chi connectivity index (χ2v) is 17.8. The van der Waals surface area contributed by atoms with Crippen molar-refractivity contribution in [1.29, 1.82) is 0 Å². The van der Waals surface area contributed by atoms with Gasteiger partial charge in [0.05, 0.1) is 39.9 Å². The van der Waals surface area contributed by atoms with E-state index in [-0.39, 0.29) is 10.8 Å². The number of para-hydroxylation sites is 2. The van der Waals surface area contributed by atoms with Crippen LogP contribution in [0.1, 0.15) is 63.8 Å². The maximum Gasteiger partial charge on any atom is 0.416 e. The van der Waals surface area contributed by atoms with Crippen molar-refractivity contribution >= 4 is 49.3 Å². The van der Waals surface area contributed by atoms with E-state index in [1.807, 2.05) is 42.5 Å². The van der Waals surface area contributed by atoms with E-state index in [0.717, 1.165) is 60.5 Å². The molecule has 2 aromatic heterocycles. The summed E-state index contributed by atoms with van der Waals surface area (Å²) in [4.78, 5) is 4.15. The van der Waals surface area contributed by atoms with Crippen molar-refractivity contribution in [1.82, 2.24) is 9.13 Å². The molecule has 0 spiro atoms. The highest BCUT2D eigenvalue weighted by molar-refractivity contribution is 6.12. The standard InChI is InChI=1S/C53H44F3N3/c1-32-26-34(28-37(27-32)53(54,55)56)33-20-23-48(58-44-17-11-9-14-38(44)40-30-35(51(2,3)4)21-24-46(40)58)42(29-33)50-43(57-8)16-13-19-49(50)59-45-18-12-10-15-39(45)41-31-36(52(5,6)7)22-25-47(41)59/h9-31H,1-7H3. The van der Waals surface area contributed by atoms with Crippen LogP contribution in [0.3, 0.4) is 0 Å². The summed E-state index contributed by atoms with van der Waals surface area (Å²) >= 11 is 0. The molecule has 0 bridgehead atoms. The topological polar surface area (TPSA) is 14.2 Å². The molecular weight excluding hydrogens is 736 g/mol. The highest BCUT2D eigenvalue weighted by Crippen LogP contribution is 2.47. The van der Waals surface area contributed by atoms with Crippen molar-refractivity contribution in [3.8, 4) is 33.6 Å². The zero-order valence-electron chi connectivity index (χ0n) is 34.3. The lowest BCUT2D eigenvalue weighted by Crippen LogP contribution is -2.10. The van der Waals surface area contributed by atoms with E-state index in [9.17, 15) is 13.2 Å². The highest BCUT2D eigenvalue weighted by Gasteiger charge is 2.31. The lowest BCUT2D eigenvalue weighted by Gasteiger charge is -2.22. The van der Waals surface area contributed by atoms with Crippen molar-refractivity contribution < 1.29 is 13.2 Å². The third kappa shape index (κ3) is 6.37. The Labute approximate surface area is 342 Å². The summed E-state index contributed by atoms with van der Waals surface area (Å²) in [5.41, 5.74) is 10.7. The Morgan fingerprint density at radius 2 is 1.02 bits per heavy atom.